The van der Waals surface area contributed by atoms with Gasteiger partial charge in [-0.15, -0.1) is 0 Å². The molecule has 1 N–H and O–H groups in total. The maximum absolute atomic E-state index is 12.3. The van der Waals surface area contributed by atoms with Crippen molar-refractivity contribution in [3.8, 4) is 6.07 Å². The molecule has 23 heavy (non-hydrogen) atoms. The Morgan fingerprint density at radius 1 is 1.39 bits per heavy atom. The van der Waals surface area contributed by atoms with Crippen LogP contribution in [-0.2, 0) is 6.54 Å². The van der Waals surface area contributed by atoms with Crippen LogP contribution in [0.2, 0.25) is 5.15 Å². The normalized spacial score (nSPS) is 10.5. The van der Waals surface area contributed by atoms with E-state index in [0.29, 0.717) is 16.8 Å². The smallest absolute Gasteiger partial charge is 0.255 e. The molecular weight excluding hydrogens is 312 g/mol. The molecule has 0 unspecified atom stereocenters. The average Bonchev–Trinajstić information content (AvgIpc) is 2.92. The molecule has 0 radical (unpaired) electrons. The highest BCUT2D eigenvalue weighted by molar-refractivity contribution is 6.29. The number of hydrogen-bond donors (Lipinski definition) is 1. The van der Waals surface area contributed by atoms with Crippen molar-refractivity contribution >= 4 is 34.1 Å². The third-order valence-electron chi connectivity index (χ3n) is 3.59. The lowest BCUT2D eigenvalue weighted by atomic mass is 10.1. The number of nitrogens with one attached hydrogen (secondary N) is 1. The van der Waals surface area contributed by atoms with Gasteiger partial charge in [0, 0.05) is 41.1 Å². The summed E-state index contributed by atoms with van der Waals surface area (Å²) in [7, 11) is 0. The SMILES string of the molecule is CCn1cc(C#N)c2cc(NC(=O)c3ccnc(Cl)c3)ccc21. The van der Waals surface area contributed by atoms with Crippen LogP contribution in [0.3, 0.4) is 0 Å². The molecular formula is C17H13ClN4O. The number of pyridine rings is 1. The van der Waals surface area contributed by atoms with Gasteiger partial charge in [-0.05, 0) is 37.3 Å². The molecule has 0 saturated heterocycles. The van der Waals surface area contributed by atoms with E-state index in [0.717, 1.165) is 17.4 Å². The maximum atomic E-state index is 12.3. The lowest BCUT2D eigenvalue weighted by Crippen LogP contribution is -2.11. The number of carbonyl (C=O) groups excluding carboxylic acids is 1. The van der Waals surface area contributed by atoms with Gasteiger partial charge >= 0.3 is 0 Å². The molecule has 0 atom stereocenters. The van der Waals surface area contributed by atoms with E-state index in [1.54, 1.807) is 12.1 Å². The van der Waals surface area contributed by atoms with E-state index >= 15 is 0 Å². The summed E-state index contributed by atoms with van der Waals surface area (Å²) < 4.78 is 2.00. The van der Waals surface area contributed by atoms with E-state index in [4.69, 9.17) is 11.6 Å². The van der Waals surface area contributed by atoms with Crippen molar-refractivity contribution in [3.63, 3.8) is 0 Å². The Hall–Kier alpha value is -2.84. The number of aromatic nitrogens is 2. The van der Waals surface area contributed by atoms with Crippen LogP contribution in [-0.4, -0.2) is 15.5 Å². The van der Waals surface area contributed by atoms with Gasteiger partial charge in [-0.1, -0.05) is 11.6 Å². The number of fused-ring (bicyclic) bond motifs is 1. The van der Waals surface area contributed by atoms with Gasteiger partial charge in [0.2, 0.25) is 0 Å². The highest BCUT2D eigenvalue weighted by Crippen LogP contribution is 2.25. The summed E-state index contributed by atoms with van der Waals surface area (Å²) >= 11 is 5.80. The minimum Gasteiger partial charge on any atom is -0.346 e. The van der Waals surface area contributed by atoms with Gasteiger partial charge < -0.3 is 9.88 Å². The van der Waals surface area contributed by atoms with Gasteiger partial charge in [-0.2, -0.15) is 5.26 Å². The first-order valence-electron chi connectivity index (χ1n) is 7.08. The number of hydrogen-bond acceptors (Lipinski definition) is 3. The van der Waals surface area contributed by atoms with Crippen molar-refractivity contribution in [3.05, 3.63) is 59.0 Å². The Morgan fingerprint density at radius 2 is 2.22 bits per heavy atom. The summed E-state index contributed by atoms with van der Waals surface area (Å²) in [5.74, 6) is -0.276. The number of nitrogens with zero attached hydrogens (tertiary/aromatic N) is 3. The maximum Gasteiger partial charge on any atom is 0.255 e. The standard InChI is InChI=1S/C17H13ClN4O/c1-2-22-10-12(9-19)14-8-13(3-4-15(14)22)21-17(23)11-5-6-20-16(18)7-11/h3-8,10H,2H2,1H3,(H,21,23). The Morgan fingerprint density at radius 3 is 2.91 bits per heavy atom. The number of anilines is 1. The Balaban J connectivity index is 1.95. The van der Waals surface area contributed by atoms with Crippen molar-refractivity contribution in [2.75, 3.05) is 5.32 Å². The molecule has 3 aromatic rings. The van der Waals surface area contributed by atoms with E-state index in [2.05, 4.69) is 16.4 Å². The first kappa shape index (κ1) is 15.1. The highest BCUT2D eigenvalue weighted by Gasteiger charge is 2.11. The second-order valence-corrected chi connectivity index (χ2v) is 5.38. The number of aryl methyl sites for hydroxylation is 1. The fourth-order valence-corrected chi connectivity index (χ4v) is 2.65. The van der Waals surface area contributed by atoms with Gasteiger partial charge in [-0.25, -0.2) is 4.98 Å². The molecule has 0 fully saturated rings. The molecule has 0 aliphatic carbocycles. The van der Waals surface area contributed by atoms with Crippen LogP contribution in [0.5, 0.6) is 0 Å². The topological polar surface area (TPSA) is 70.7 Å². The second kappa shape index (κ2) is 6.11. The molecule has 0 bridgehead atoms. The molecule has 0 aliphatic heterocycles. The van der Waals surface area contributed by atoms with E-state index < -0.39 is 0 Å². The van der Waals surface area contributed by atoms with Crippen molar-refractivity contribution in [2.24, 2.45) is 0 Å². The van der Waals surface area contributed by atoms with E-state index in [1.165, 1.54) is 12.3 Å². The molecule has 0 spiro atoms. The Bertz CT molecular complexity index is 939. The third-order valence-corrected chi connectivity index (χ3v) is 3.80. The molecule has 114 valence electrons. The number of benzene rings is 1. The van der Waals surface area contributed by atoms with Crippen LogP contribution in [0, 0.1) is 11.3 Å². The van der Waals surface area contributed by atoms with Gasteiger partial charge in [0.15, 0.2) is 0 Å². The number of rotatable bonds is 3. The predicted octanol–water partition coefficient (Wildman–Crippen LogP) is 3.83. The van der Waals surface area contributed by atoms with Crippen molar-refractivity contribution in [1.82, 2.24) is 9.55 Å². The fraction of sp³-hybridized carbons (Fsp3) is 0.118. The fourth-order valence-electron chi connectivity index (χ4n) is 2.47. The summed E-state index contributed by atoms with van der Waals surface area (Å²) in [6.07, 6.45) is 3.30. The molecule has 2 aromatic heterocycles. The van der Waals surface area contributed by atoms with E-state index in [9.17, 15) is 10.1 Å². The summed E-state index contributed by atoms with van der Waals surface area (Å²) in [5, 5.41) is 13.1. The van der Waals surface area contributed by atoms with Crippen LogP contribution in [0.15, 0.2) is 42.7 Å². The minimum absolute atomic E-state index is 0.264. The molecule has 0 aliphatic rings. The van der Waals surface area contributed by atoms with Crippen LogP contribution < -0.4 is 5.32 Å². The van der Waals surface area contributed by atoms with E-state index in [-0.39, 0.29) is 11.1 Å². The van der Waals surface area contributed by atoms with Gasteiger partial charge in [-0.3, -0.25) is 4.79 Å². The van der Waals surface area contributed by atoms with Crippen LogP contribution in [0.25, 0.3) is 10.9 Å². The van der Waals surface area contributed by atoms with Crippen LogP contribution in [0.1, 0.15) is 22.8 Å². The van der Waals surface area contributed by atoms with Crippen molar-refractivity contribution in [2.45, 2.75) is 13.5 Å². The number of carbonyl (C=O) groups is 1. The zero-order valence-corrected chi connectivity index (χ0v) is 13.1. The van der Waals surface area contributed by atoms with Crippen molar-refractivity contribution in [1.29, 1.82) is 5.26 Å². The van der Waals surface area contributed by atoms with E-state index in [1.807, 2.05) is 29.8 Å². The summed E-state index contributed by atoms with van der Waals surface area (Å²) in [6.45, 7) is 2.79. The van der Waals surface area contributed by atoms with Gasteiger partial charge in [0.05, 0.1) is 5.56 Å². The molecule has 3 rings (SSSR count). The molecule has 2 heterocycles. The Kier molecular flexibility index (Phi) is 4.00. The van der Waals surface area contributed by atoms with Crippen LogP contribution in [0.4, 0.5) is 5.69 Å². The molecule has 1 amide bonds. The monoisotopic (exact) mass is 324 g/mol. The summed E-state index contributed by atoms with van der Waals surface area (Å²) in [6, 6.07) is 10.8. The number of amides is 1. The zero-order chi connectivity index (χ0) is 16.4. The second-order valence-electron chi connectivity index (χ2n) is 4.99. The van der Waals surface area contributed by atoms with Gasteiger partial charge in [0.25, 0.3) is 5.91 Å². The number of nitriles is 1. The largest absolute Gasteiger partial charge is 0.346 e. The molecule has 6 heteroatoms. The zero-order valence-electron chi connectivity index (χ0n) is 12.4. The van der Waals surface area contributed by atoms with Crippen LogP contribution >= 0.6 is 11.6 Å². The lowest BCUT2D eigenvalue weighted by Gasteiger charge is -2.07. The highest BCUT2D eigenvalue weighted by atomic mass is 35.5. The first-order valence-corrected chi connectivity index (χ1v) is 7.46. The third kappa shape index (κ3) is 2.89. The predicted molar refractivity (Wildman–Crippen MR) is 89.5 cm³/mol. The lowest BCUT2D eigenvalue weighted by molar-refractivity contribution is 0.102. The Labute approximate surface area is 138 Å². The molecule has 1 aromatic carbocycles. The number of halogens is 1. The van der Waals surface area contributed by atoms with Crippen molar-refractivity contribution < 1.29 is 4.79 Å². The molecule has 5 nitrogen and oxygen atoms in total. The van der Waals surface area contributed by atoms with Gasteiger partial charge in [0.1, 0.15) is 11.2 Å². The summed E-state index contributed by atoms with van der Waals surface area (Å²) in [4.78, 5) is 16.1. The average molecular weight is 325 g/mol. The molecule has 0 saturated carbocycles. The summed E-state index contributed by atoms with van der Waals surface area (Å²) in [5.41, 5.74) is 2.61. The first-order chi connectivity index (χ1) is 11.1. The minimum atomic E-state index is -0.276. The quantitative estimate of drug-likeness (QED) is 0.744.